The van der Waals surface area contributed by atoms with Crippen molar-refractivity contribution in [1.82, 2.24) is 10.2 Å². The van der Waals surface area contributed by atoms with Gasteiger partial charge in [0.1, 0.15) is 5.76 Å². The summed E-state index contributed by atoms with van der Waals surface area (Å²) in [5, 5.41) is 18.5. The summed E-state index contributed by atoms with van der Waals surface area (Å²) in [5.74, 6) is 0.624. The third-order valence-corrected chi connectivity index (χ3v) is 5.42. The van der Waals surface area contributed by atoms with Crippen LogP contribution in [0.15, 0.2) is 120 Å². The highest BCUT2D eigenvalue weighted by molar-refractivity contribution is 6.08. The van der Waals surface area contributed by atoms with Gasteiger partial charge in [-0.15, -0.1) is 10.2 Å². The molecule has 0 fully saturated rings. The van der Waals surface area contributed by atoms with Crippen LogP contribution in [-0.2, 0) is 0 Å². The molecule has 4 aromatic carbocycles. The average Bonchev–Trinajstić information content (AvgIpc) is 3.40. The van der Waals surface area contributed by atoms with Gasteiger partial charge in [-0.3, -0.25) is 4.79 Å². The molecule has 0 amide bonds. The van der Waals surface area contributed by atoms with E-state index in [4.69, 9.17) is 4.42 Å². The van der Waals surface area contributed by atoms with Crippen LogP contribution in [0.25, 0.3) is 39.8 Å². The lowest BCUT2D eigenvalue weighted by Gasteiger charge is -2.04. The number of aromatic nitrogens is 2. The molecule has 0 saturated heterocycles. The molecule has 0 atom stereocenters. The fourth-order valence-corrected chi connectivity index (χ4v) is 3.57. The van der Waals surface area contributed by atoms with E-state index in [1.54, 1.807) is 24.3 Å². The van der Waals surface area contributed by atoms with Crippen molar-refractivity contribution in [3.8, 4) is 34.0 Å². The van der Waals surface area contributed by atoms with E-state index < -0.39 is 0 Å². The number of ketones is 1. The summed E-state index contributed by atoms with van der Waals surface area (Å²) >= 11 is 0. The summed E-state index contributed by atoms with van der Waals surface area (Å²) in [6, 6.07) is 33.7. The topological polar surface area (TPSA) is 76.2 Å². The van der Waals surface area contributed by atoms with Gasteiger partial charge in [-0.1, -0.05) is 84.9 Å². The molecule has 0 aliphatic heterocycles. The molecule has 5 heteroatoms. The van der Waals surface area contributed by atoms with Crippen molar-refractivity contribution >= 4 is 11.5 Å². The third kappa shape index (κ3) is 4.54. The Balaban J connectivity index is 1.31. The van der Waals surface area contributed by atoms with Gasteiger partial charge in [0.25, 0.3) is 0 Å². The first-order valence-electron chi connectivity index (χ1n) is 10.8. The Bertz CT molecular complexity index is 1440. The molecule has 164 valence electrons. The van der Waals surface area contributed by atoms with E-state index in [-0.39, 0.29) is 11.5 Å². The number of allylic oxidation sites excluding steroid dienone is 1. The van der Waals surface area contributed by atoms with Gasteiger partial charge in [-0.25, -0.2) is 0 Å². The van der Waals surface area contributed by atoms with E-state index in [2.05, 4.69) is 10.2 Å². The zero-order chi connectivity index (χ0) is 23.3. The second-order valence-electron chi connectivity index (χ2n) is 7.69. The highest BCUT2D eigenvalue weighted by atomic mass is 16.4. The van der Waals surface area contributed by atoms with Gasteiger partial charge in [-0.05, 0) is 35.4 Å². The van der Waals surface area contributed by atoms with Crippen LogP contribution in [0, 0.1) is 0 Å². The first kappa shape index (κ1) is 21.1. The summed E-state index contributed by atoms with van der Waals surface area (Å²) in [7, 11) is 0. The summed E-state index contributed by atoms with van der Waals surface area (Å²) < 4.78 is 5.82. The van der Waals surface area contributed by atoms with Crippen LogP contribution in [0.2, 0.25) is 0 Å². The van der Waals surface area contributed by atoms with Gasteiger partial charge in [0.2, 0.25) is 11.8 Å². The van der Waals surface area contributed by atoms with Crippen LogP contribution >= 0.6 is 0 Å². The fourth-order valence-electron chi connectivity index (χ4n) is 3.57. The number of nitrogens with zero attached hydrogens (tertiary/aromatic N) is 2. The Morgan fingerprint density at radius 3 is 1.65 bits per heavy atom. The lowest BCUT2D eigenvalue weighted by Crippen LogP contribution is -1.96. The van der Waals surface area contributed by atoms with Gasteiger partial charge < -0.3 is 9.52 Å². The summed E-state index contributed by atoms with van der Waals surface area (Å²) in [5.41, 5.74) is 4.76. The van der Waals surface area contributed by atoms with Gasteiger partial charge in [0.05, 0.1) is 0 Å². The van der Waals surface area contributed by atoms with Crippen LogP contribution in [-0.4, -0.2) is 21.1 Å². The summed E-state index contributed by atoms with van der Waals surface area (Å²) in [6.07, 6.45) is 1.24. The Labute approximate surface area is 196 Å². The molecule has 1 aromatic heterocycles. The number of aliphatic hydroxyl groups excluding tert-OH is 1. The van der Waals surface area contributed by atoms with E-state index in [0.29, 0.717) is 22.9 Å². The largest absolute Gasteiger partial charge is 0.507 e. The van der Waals surface area contributed by atoms with E-state index in [9.17, 15) is 9.90 Å². The number of hydrogen-bond acceptors (Lipinski definition) is 5. The first-order chi connectivity index (χ1) is 16.7. The van der Waals surface area contributed by atoms with Crippen molar-refractivity contribution in [2.75, 3.05) is 0 Å². The molecule has 0 radical (unpaired) electrons. The zero-order valence-electron chi connectivity index (χ0n) is 18.1. The van der Waals surface area contributed by atoms with Gasteiger partial charge in [0, 0.05) is 28.3 Å². The number of benzene rings is 4. The molecule has 0 spiro atoms. The molecule has 0 aliphatic carbocycles. The number of carbonyl (C=O) groups is 1. The minimum Gasteiger partial charge on any atom is -0.507 e. The Kier molecular flexibility index (Phi) is 5.82. The third-order valence-electron chi connectivity index (χ3n) is 5.42. The van der Waals surface area contributed by atoms with Crippen molar-refractivity contribution in [2.45, 2.75) is 0 Å². The molecular weight excluding hydrogens is 424 g/mol. The standard InChI is InChI=1S/C29H20N2O3/c32-26(22-7-3-1-4-8-22)19-27(33)23-15-11-20(12-16-23)21-13-17-25(18-14-21)29-31-30-28(34-29)24-9-5-2-6-10-24/h1-19,32H. The maximum absolute atomic E-state index is 12.5. The fraction of sp³-hybridized carbons (Fsp3) is 0. The molecule has 5 nitrogen and oxygen atoms in total. The SMILES string of the molecule is O=C(C=C(O)c1ccccc1)c1ccc(-c2ccc(-c3nnc(-c4ccccc4)o3)cc2)cc1. The van der Waals surface area contributed by atoms with E-state index in [1.807, 2.05) is 84.9 Å². The monoisotopic (exact) mass is 444 g/mol. The van der Waals surface area contributed by atoms with Crippen LogP contribution in [0.5, 0.6) is 0 Å². The second-order valence-corrected chi connectivity index (χ2v) is 7.69. The quantitative estimate of drug-likeness (QED) is 0.176. The molecule has 5 aromatic rings. The second kappa shape index (κ2) is 9.38. The van der Waals surface area contributed by atoms with E-state index in [1.165, 1.54) is 6.08 Å². The maximum Gasteiger partial charge on any atom is 0.248 e. The molecule has 0 saturated carbocycles. The number of carbonyl (C=O) groups excluding carboxylic acids is 1. The number of aliphatic hydroxyl groups is 1. The van der Waals surface area contributed by atoms with Crippen molar-refractivity contribution < 1.29 is 14.3 Å². The molecule has 0 unspecified atom stereocenters. The van der Waals surface area contributed by atoms with Gasteiger partial charge in [-0.2, -0.15) is 0 Å². The first-order valence-corrected chi connectivity index (χ1v) is 10.8. The van der Waals surface area contributed by atoms with Crippen molar-refractivity contribution in [3.05, 3.63) is 126 Å². The predicted octanol–water partition coefficient (Wildman–Crippen LogP) is 6.85. The lowest BCUT2D eigenvalue weighted by atomic mass is 10.0. The summed E-state index contributed by atoms with van der Waals surface area (Å²) in [6.45, 7) is 0. The Morgan fingerprint density at radius 1 is 0.588 bits per heavy atom. The maximum atomic E-state index is 12.5. The minimum atomic E-state index is -0.256. The van der Waals surface area contributed by atoms with Crippen LogP contribution in [0.3, 0.4) is 0 Å². The van der Waals surface area contributed by atoms with Gasteiger partial charge >= 0.3 is 0 Å². The van der Waals surface area contributed by atoms with Crippen LogP contribution < -0.4 is 0 Å². The zero-order valence-corrected chi connectivity index (χ0v) is 18.1. The molecule has 0 bridgehead atoms. The van der Waals surface area contributed by atoms with Crippen molar-refractivity contribution in [2.24, 2.45) is 0 Å². The number of rotatable bonds is 6. The molecule has 5 rings (SSSR count). The van der Waals surface area contributed by atoms with Crippen molar-refractivity contribution in [1.29, 1.82) is 0 Å². The van der Waals surface area contributed by atoms with Crippen LogP contribution in [0.4, 0.5) is 0 Å². The molecule has 0 aliphatic rings. The van der Waals surface area contributed by atoms with E-state index in [0.717, 1.165) is 22.3 Å². The number of hydrogen-bond donors (Lipinski definition) is 1. The lowest BCUT2D eigenvalue weighted by molar-refractivity contribution is 0.104. The highest BCUT2D eigenvalue weighted by Crippen LogP contribution is 2.27. The summed E-state index contributed by atoms with van der Waals surface area (Å²) in [4.78, 5) is 12.5. The molecule has 1 heterocycles. The Hall–Kier alpha value is -4.77. The average molecular weight is 444 g/mol. The predicted molar refractivity (Wildman–Crippen MR) is 132 cm³/mol. The normalized spacial score (nSPS) is 11.4. The minimum absolute atomic E-state index is 0.0540. The molecular formula is C29H20N2O3. The molecule has 1 N–H and O–H groups in total. The van der Waals surface area contributed by atoms with Crippen molar-refractivity contribution in [3.63, 3.8) is 0 Å². The van der Waals surface area contributed by atoms with E-state index >= 15 is 0 Å². The van der Waals surface area contributed by atoms with Crippen LogP contribution in [0.1, 0.15) is 15.9 Å². The highest BCUT2D eigenvalue weighted by Gasteiger charge is 2.11. The smallest absolute Gasteiger partial charge is 0.248 e. The van der Waals surface area contributed by atoms with Gasteiger partial charge in [0.15, 0.2) is 5.78 Å². The Morgan fingerprint density at radius 2 is 1.06 bits per heavy atom. The molecule has 34 heavy (non-hydrogen) atoms.